The molecule has 0 spiro atoms. The van der Waals surface area contributed by atoms with Crippen LogP contribution in [0.4, 0.5) is 11.4 Å². The first kappa shape index (κ1) is 27.3. The van der Waals surface area contributed by atoms with Crippen LogP contribution in [0.2, 0.25) is 0 Å². The van der Waals surface area contributed by atoms with Crippen LogP contribution in [0, 0.1) is 6.92 Å². The number of nitrogens with zero attached hydrogens (tertiary/aromatic N) is 1. The van der Waals surface area contributed by atoms with Crippen LogP contribution in [-0.2, 0) is 12.8 Å². The monoisotopic (exact) mass is 486 g/mol. The molecule has 0 heterocycles. The first-order chi connectivity index (χ1) is 17.3. The van der Waals surface area contributed by atoms with Crippen LogP contribution in [0.1, 0.15) is 58.9 Å². The van der Waals surface area contributed by atoms with Gasteiger partial charge in [-0.3, -0.25) is 4.79 Å². The van der Waals surface area contributed by atoms with Crippen LogP contribution in [0.15, 0.2) is 66.7 Å². The number of nitrogens with one attached hydrogen (secondary N) is 3. The van der Waals surface area contributed by atoms with Gasteiger partial charge in [0.15, 0.2) is 0 Å². The smallest absolute Gasteiger partial charge is 0.251 e. The third-order valence-electron chi connectivity index (χ3n) is 6.71. The minimum atomic E-state index is -0.0574. The number of aryl methyl sites for hydroxylation is 1. The lowest BCUT2D eigenvalue weighted by molar-refractivity contribution is 0.0939. The predicted octanol–water partition coefficient (Wildman–Crippen LogP) is 5.75. The van der Waals surface area contributed by atoms with Crippen molar-refractivity contribution in [2.75, 3.05) is 37.9 Å². The molecule has 1 unspecified atom stereocenters. The van der Waals surface area contributed by atoms with Gasteiger partial charge < -0.3 is 20.9 Å². The highest BCUT2D eigenvalue weighted by Gasteiger charge is 2.15. The van der Waals surface area contributed by atoms with Crippen molar-refractivity contribution in [3.8, 4) is 0 Å². The van der Waals surface area contributed by atoms with Gasteiger partial charge in [0, 0.05) is 44.1 Å². The molecule has 5 nitrogen and oxygen atoms in total. The molecule has 3 aromatic carbocycles. The second-order valence-electron chi connectivity index (χ2n) is 9.85. The molecule has 0 radical (unpaired) electrons. The highest BCUT2D eigenvalue weighted by Crippen LogP contribution is 2.20. The van der Waals surface area contributed by atoms with Crippen molar-refractivity contribution in [3.63, 3.8) is 0 Å². The number of hydrogen-bond acceptors (Lipinski definition) is 4. The third-order valence-corrected chi connectivity index (χ3v) is 6.71. The summed E-state index contributed by atoms with van der Waals surface area (Å²) in [5.41, 5.74) is 7.68. The second-order valence-corrected chi connectivity index (χ2v) is 9.85. The van der Waals surface area contributed by atoms with E-state index >= 15 is 0 Å². The Morgan fingerprint density at radius 1 is 0.972 bits per heavy atom. The summed E-state index contributed by atoms with van der Waals surface area (Å²) in [6.07, 6.45) is 2.93. The van der Waals surface area contributed by atoms with Crippen molar-refractivity contribution < 1.29 is 4.79 Å². The van der Waals surface area contributed by atoms with Crippen LogP contribution in [0.5, 0.6) is 0 Å². The molecule has 5 heteroatoms. The minimum absolute atomic E-state index is 0.0432. The summed E-state index contributed by atoms with van der Waals surface area (Å²) in [4.78, 5) is 15.2. The van der Waals surface area contributed by atoms with Gasteiger partial charge in [-0.25, -0.2) is 0 Å². The van der Waals surface area contributed by atoms with E-state index in [1.807, 2.05) is 46.3 Å². The van der Waals surface area contributed by atoms with Crippen LogP contribution in [0.3, 0.4) is 0 Å². The third kappa shape index (κ3) is 7.85. The summed E-state index contributed by atoms with van der Waals surface area (Å²) in [6, 6.07) is 23.5. The van der Waals surface area contributed by atoms with E-state index in [0.717, 1.165) is 48.3 Å². The van der Waals surface area contributed by atoms with Gasteiger partial charge in [0.1, 0.15) is 0 Å². The average molecular weight is 487 g/mol. The zero-order chi connectivity index (χ0) is 26.1. The molecular weight excluding hydrogens is 444 g/mol. The lowest BCUT2D eigenvalue weighted by Gasteiger charge is -2.20. The molecule has 0 aliphatic carbocycles. The van der Waals surface area contributed by atoms with E-state index in [1.165, 1.54) is 11.1 Å². The van der Waals surface area contributed by atoms with Crippen molar-refractivity contribution in [2.24, 2.45) is 0 Å². The molecule has 3 N–H and O–H groups in total. The quantitative estimate of drug-likeness (QED) is 0.305. The predicted molar refractivity (Wildman–Crippen MR) is 153 cm³/mol. The molecule has 0 bridgehead atoms. The van der Waals surface area contributed by atoms with Gasteiger partial charge in [-0.05, 0) is 86.7 Å². The maximum absolute atomic E-state index is 13.2. The standard InChI is InChI=1S/C31H42N4O/c1-7-28(19-24-11-13-29(32-4)14-12-24)33-16-15-25-18-27(21-30(20-25)35(5)6)31(36)34-23(3)26-10-8-9-22(2)17-26/h8-14,17-18,20-21,23,28,32-33H,7,15-16,19H2,1-6H3,(H,34,36)/t23-,28?/m1/s1. The second kappa shape index (κ2) is 13.1. The van der Waals surface area contributed by atoms with E-state index in [9.17, 15) is 4.79 Å². The van der Waals surface area contributed by atoms with Gasteiger partial charge >= 0.3 is 0 Å². The summed E-state index contributed by atoms with van der Waals surface area (Å²) >= 11 is 0. The first-order valence-corrected chi connectivity index (χ1v) is 13.0. The molecule has 0 saturated carbocycles. The molecule has 0 saturated heterocycles. The molecule has 36 heavy (non-hydrogen) atoms. The number of rotatable bonds is 12. The van der Waals surface area contributed by atoms with E-state index < -0.39 is 0 Å². The molecule has 2 atom stereocenters. The van der Waals surface area contributed by atoms with Gasteiger partial charge in [-0.2, -0.15) is 0 Å². The Bertz CT molecular complexity index is 1120. The minimum Gasteiger partial charge on any atom is -0.388 e. The van der Waals surface area contributed by atoms with Gasteiger partial charge in [0.25, 0.3) is 5.91 Å². The Balaban J connectivity index is 1.64. The number of anilines is 2. The maximum atomic E-state index is 13.2. The lowest BCUT2D eigenvalue weighted by Crippen LogP contribution is -2.32. The molecule has 3 rings (SSSR count). The molecule has 0 fully saturated rings. The van der Waals surface area contributed by atoms with Crippen molar-refractivity contribution >= 4 is 17.3 Å². The van der Waals surface area contributed by atoms with Crippen molar-refractivity contribution in [2.45, 2.75) is 52.1 Å². The number of carbonyl (C=O) groups is 1. The highest BCUT2D eigenvalue weighted by molar-refractivity contribution is 5.95. The Labute approximate surface area is 217 Å². The van der Waals surface area contributed by atoms with E-state index in [-0.39, 0.29) is 11.9 Å². The average Bonchev–Trinajstić information content (AvgIpc) is 2.88. The zero-order valence-corrected chi connectivity index (χ0v) is 22.7. The molecule has 0 aliphatic rings. The van der Waals surface area contributed by atoms with E-state index in [4.69, 9.17) is 0 Å². The molecule has 1 amide bonds. The Hall–Kier alpha value is -3.31. The SMILES string of the molecule is CCC(Cc1ccc(NC)cc1)NCCc1cc(C(=O)N[C@H](C)c2cccc(C)c2)cc(N(C)C)c1. The number of amides is 1. The topological polar surface area (TPSA) is 56.4 Å². The maximum Gasteiger partial charge on any atom is 0.251 e. The Morgan fingerprint density at radius 3 is 2.36 bits per heavy atom. The molecule has 3 aromatic rings. The largest absolute Gasteiger partial charge is 0.388 e. The van der Waals surface area contributed by atoms with Crippen molar-refractivity contribution in [1.29, 1.82) is 0 Å². The van der Waals surface area contributed by atoms with Crippen LogP contribution in [0.25, 0.3) is 0 Å². The van der Waals surface area contributed by atoms with Crippen molar-refractivity contribution in [3.05, 3.63) is 94.5 Å². The highest BCUT2D eigenvalue weighted by atomic mass is 16.1. The Morgan fingerprint density at radius 2 is 1.72 bits per heavy atom. The fraction of sp³-hybridized carbons (Fsp3) is 0.387. The zero-order valence-electron chi connectivity index (χ0n) is 22.7. The van der Waals surface area contributed by atoms with Gasteiger partial charge in [-0.1, -0.05) is 48.9 Å². The van der Waals surface area contributed by atoms with Crippen LogP contribution < -0.4 is 20.9 Å². The van der Waals surface area contributed by atoms with Crippen molar-refractivity contribution in [1.82, 2.24) is 10.6 Å². The fourth-order valence-electron chi connectivity index (χ4n) is 4.38. The molecule has 0 aliphatic heterocycles. The van der Waals surface area contributed by atoms with E-state index in [1.54, 1.807) is 0 Å². The first-order valence-electron chi connectivity index (χ1n) is 13.0. The van der Waals surface area contributed by atoms with Crippen LogP contribution in [-0.4, -0.2) is 39.6 Å². The van der Waals surface area contributed by atoms with Gasteiger partial charge in [-0.15, -0.1) is 0 Å². The van der Waals surface area contributed by atoms with Gasteiger partial charge in [0.05, 0.1) is 6.04 Å². The summed E-state index contributed by atoms with van der Waals surface area (Å²) in [5.74, 6) is -0.0432. The summed E-state index contributed by atoms with van der Waals surface area (Å²) in [5, 5.41) is 10.1. The fourth-order valence-corrected chi connectivity index (χ4v) is 4.38. The Kier molecular flexibility index (Phi) is 9.95. The number of carbonyl (C=O) groups excluding carboxylic acids is 1. The van der Waals surface area contributed by atoms with Crippen LogP contribution >= 0.6 is 0 Å². The lowest BCUT2D eigenvalue weighted by atomic mass is 10.0. The number of benzene rings is 3. The molecular formula is C31H42N4O. The summed E-state index contributed by atoms with van der Waals surface area (Å²) in [6.45, 7) is 7.20. The van der Waals surface area contributed by atoms with E-state index in [0.29, 0.717) is 11.6 Å². The number of hydrogen-bond donors (Lipinski definition) is 3. The summed E-state index contributed by atoms with van der Waals surface area (Å²) < 4.78 is 0. The molecule has 192 valence electrons. The molecule has 0 aromatic heterocycles. The summed E-state index contributed by atoms with van der Waals surface area (Å²) in [7, 11) is 5.97. The van der Waals surface area contributed by atoms with E-state index in [2.05, 4.69) is 83.2 Å². The normalized spacial score (nSPS) is 12.6. The van der Waals surface area contributed by atoms with Gasteiger partial charge in [0.2, 0.25) is 0 Å².